The maximum Gasteiger partial charge on any atom is 0.424 e. The monoisotopic (exact) mass is 587 g/mol. The average Bonchev–Trinajstić information content (AvgIpc) is 3.29. The molecule has 3 aromatic rings. The number of aryl methyl sites for hydroxylation is 1. The SMILES string of the molecule is C=CCN1CC(=O)N2C(Cc3ccc(O)cc3)C(=O)N(Cc3cccc4c(C(=O)CC(C)C)cn(C)c34)CC2N1C(=O)O. The van der Waals surface area contributed by atoms with Gasteiger partial charge in [-0.1, -0.05) is 50.3 Å². The van der Waals surface area contributed by atoms with Crippen molar-refractivity contribution in [2.24, 2.45) is 13.0 Å². The second-order valence-electron chi connectivity index (χ2n) is 11.6. The second-order valence-corrected chi connectivity index (χ2v) is 11.6. The number of rotatable bonds is 9. The van der Waals surface area contributed by atoms with E-state index in [1.54, 1.807) is 17.0 Å². The van der Waals surface area contributed by atoms with Crippen molar-refractivity contribution in [2.75, 3.05) is 19.6 Å². The molecule has 3 heterocycles. The van der Waals surface area contributed by atoms with Crippen molar-refractivity contribution in [3.8, 4) is 5.75 Å². The predicted octanol–water partition coefficient (Wildman–Crippen LogP) is 3.62. The smallest absolute Gasteiger partial charge is 0.424 e. The van der Waals surface area contributed by atoms with Gasteiger partial charge in [-0.15, -0.1) is 6.58 Å². The molecule has 5 rings (SSSR count). The molecule has 2 N–H and O–H groups in total. The molecule has 2 unspecified atom stereocenters. The molecule has 2 aromatic carbocycles. The molecule has 2 atom stereocenters. The van der Waals surface area contributed by atoms with Crippen LogP contribution in [0.25, 0.3) is 10.9 Å². The number of carbonyl (C=O) groups is 4. The van der Waals surface area contributed by atoms with E-state index in [2.05, 4.69) is 6.58 Å². The van der Waals surface area contributed by atoms with Gasteiger partial charge in [0.15, 0.2) is 5.78 Å². The van der Waals surface area contributed by atoms with E-state index in [0.29, 0.717) is 12.0 Å². The first-order chi connectivity index (χ1) is 20.5. The van der Waals surface area contributed by atoms with Gasteiger partial charge in [-0.25, -0.2) is 14.8 Å². The zero-order valence-electron chi connectivity index (χ0n) is 24.6. The number of phenolic OH excluding ortho intramolecular Hbond substituents is 1. The molecule has 226 valence electrons. The fraction of sp³-hybridized carbons (Fsp3) is 0.375. The van der Waals surface area contributed by atoms with E-state index in [0.717, 1.165) is 27.0 Å². The summed E-state index contributed by atoms with van der Waals surface area (Å²) in [6.07, 6.45) is 1.74. The van der Waals surface area contributed by atoms with Crippen LogP contribution in [0.2, 0.25) is 0 Å². The van der Waals surface area contributed by atoms with E-state index in [4.69, 9.17) is 0 Å². The highest BCUT2D eigenvalue weighted by Gasteiger charge is 2.51. The molecular weight excluding hydrogens is 550 g/mol. The van der Waals surface area contributed by atoms with Gasteiger partial charge in [0.05, 0.1) is 18.6 Å². The Hall–Kier alpha value is -4.64. The summed E-state index contributed by atoms with van der Waals surface area (Å²) in [5.41, 5.74) is 2.98. The van der Waals surface area contributed by atoms with Crippen molar-refractivity contribution < 1.29 is 29.4 Å². The number of hydrazine groups is 1. The molecule has 0 spiro atoms. The van der Waals surface area contributed by atoms with Gasteiger partial charge in [0.25, 0.3) is 0 Å². The van der Waals surface area contributed by atoms with E-state index in [-0.39, 0.29) is 61.9 Å². The first-order valence-electron chi connectivity index (χ1n) is 14.4. The number of aromatic nitrogens is 1. The number of hydrogen-bond acceptors (Lipinski definition) is 6. The number of fused-ring (bicyclic) bond motifs is 2. The summed E-state index contributed by atoms with van der Waals surface area (Å²) >= 11 is 0. The van der Waals surface area contributed by atoms with Gasteiger partial charge >= 0.3 is 6.09 Å². The number of para-hydroxylation sites is 1. The molecule has 43 heavy (non-hydrogen) atoms. The van der Waals surface area contributed by atoms with E-state index in [9.17, 15) is 29.4 Å². The summed E-state index contributed by atoms with van der Waals surface area (Å²) in [7, 11) is 1.87. The van der Waals surface area contributed by atoms with Crippen LogP contribution < -0.4 is 0 Å². The molecule has 0 aliphatic carbocycles. The maximum atomic E-state index is 14.2. The number of nitrogens with zero attached hydrogens (tertiary/aromatic N) is 5. The minimum atomic E-state index is -1.24. The summed E-state index contributed by atoms with van der Waals surface area (Å²) in [6.45, 7) is 7.78. The molecule has 2 fully saturated rings. The van der Waals surface area contributed by atoms with Gasteiger partial charge in [-0.3, -0.25) is 14.4 Å². The van der Waals surface area contributed by atoms with Crippen LogP contribution in [0.4, 0.5) is 4.79 Å². The van der Waals surface area contributed by atoms with Crippen LogP contribution in [0, 0.1) is 5.92 Å². The van der Waals surface area contributed by atoms with E-state index in [1.165, 1.54) is 28.1 Å². The Morgan fingerprint density at radius 1 is 1.12 bits per heavy atom. The number of ketones is 1. The van der Waals surface area contributed by atoms with Crippen LogP contribution in [0.15, 0.2) is 61.3 Å². The van der Waals surface area contributed by atoms with Gasteiger partial charge in [-0.05, 0) is 29.2 Å². The van der Waals surface area contributed by atoms with E-state index in [1.807, 2.05) is 49.9 Å². The Bertz CT molecular complexity index is 1580. The highest BCUT2D eigenvalue weighted by molar-refractivity contribution is 6.08. The number of phenols is 1. The Kier molecular flexibility index (Phi) is 8.27. The number of Topliss-reactive ketones (excluding diaryl/α,β-unsaturated/α-hetero) is 1. The quantitative estimate of drug-likeness (QED) is 0.289. The molecule has 2 aliphatic heterocycles. The lowest BCUT2D eigenvalue weighted by Crippen LogP contribution is -2.75. The number of hydrogen-bond donors (Lipinski definition) is 2. The van der Waals surface area contributed by atoms with Crippen LogP contribution in [0.5, 0.6) is 5.75 Å². The van der Waals surface area contributed by atoms with Crippen molar-refractivity contribution in [2.45, 2.75) is 45.4 Å². The van der Waals surface area contributed by atoms with Crippen LogP contribution in [-0.4, -0.2) is 90.1 Å². The van der Waals surface area contributed by atoms with E-state index >= 15 is 0 Å². The largest absolute Gasteiger partial charge is 0.508 e. The molecule has 2 aliphatic rings. The molecule has 2 saturated heterocycles. The third-order valence-electron chi connectivity index (χ3n) is 8.07. The standard InChI is InChI=1S/C32H37N5O6/c1-5-13-35-19-29(40)36-26(15-21-9-11-23(38)12-10-21)31(41)34(18-28(36)37(35)32(42)43)16-22-7-6-8-24-25(17-33(4)30(22)24)27(39)14-20(2)3/h5-12,17,20,26,28,38H,1,13-16,18-19H2,2-4H3,(H,42,43). The first kappa shape index (κ1) is 29.8. The van der Waals surface area contributed by atoms with Gasteiger partial charge in [0.1, 0.15) is 18.0 Å². The average molecular weight is 588 g/mol. The fourth-order valence-corrected chi connectivity index (χ4v) is 6.27. The summed E-state index contributed by atoms with van der Waals surface area (Å²) in [5.74, 6) is -0.314. The molecule has 1 aromatic heterocycles. The minimum absolute atomic E-state index is 0.0312. The number of carbonyl (C=O) groups excluding carboxylic acids is 3. The Morgan fingerprint density at radius 2 is 1.84 bits per heavy atom. The van der Waals surface area contributed by atoms with Crippen molar-refractivity contribution in [1.29, 1.82) is 0 Å². The zero-order valence-corrected chi connectivity index (χ0v) is 24.6. The lowest BCUT2D eigenvalue weighted by atomic mass is 9.97. The number of carboxylic acid groups (broad SMARTS) is 1. The molecule has 0 saturated carbocycles. The third-order valence-corrected chi connectivity index (χ3v) is 8.07. The van der Waals surface area contributed by atoms with Gasteiger partial charge < -0.3 is 24.6 Å². The van der Waals surface area contributed by atoms with Crippen LogP contribution >= 0.6 is 0 Å². The summed E-state index contributed by atoms with van der Waals surface area (Å²) in [5, 5.41) is 23.4. The number of amides is 3. The normalized spacial score (nSPS) is 19.3. The van der Waals surface area contributed by atoms with Crippen molar-refractivity contribution in [1.82, 2.24) is 24.4 Å². The highest BCUT2D eigenvalue weighted by atomic mass is 16.4. The van der Waals surface area contributed by atoms with Gasteiger partial charge in [0.2, 0.25) is 11.8 Å². The van der Waals surface area contributed by atoms with Crippen LogP contribution in [0.3, 0.4) is 0 Å². The van der Waals surface area contributed by atoms with Crippen LogP contribution in [-0.2, 0) is 29.6 Å². The Labute approximate surface area is 250 Å². The molecule has 0 radical (unpaired) electrons. The third kappa shape index (κ3) is 5.72. The van der Waals surface area contributed by atoms with Gasteiger partial charge in [0, 0.05) is 50.1 Å². The van der Waals surface area contributed by atoms with Crippen LogP contribution in [0.1, 0.15) is 41.8 Å². The first-order valence-corrected chi connectivity index (χ1v) is 14.4. The Balaban J connectivity index is 1.55. The molecule has 3 amide bonds. The lowest BCUT2D eigenvalue weighted by Gasteiger charge is -2.54. The minimum Gasteiger partial charge on any atom is -0.508 e. The van der Waals surface area contributed by atoms with Crippen molar-refractivity contribution >= 4 is 34.6 Å². The summed E-state index contributed by atoms with van der Waals surface area (Å²) in [4.78, 5) is 56.3. The van der Waals surface area contributed by atoms with Crippen molar-refractivity contribution in [3.05, 3.63) is 78.0 Å². The number of piperazine rings is 1. The molecule has 11 heteroatoms. The Morgan fingerprint density at radius 3 is 2.49 bits per heavy atom. The number of benzene rings is 2. The van der Waals surface area contributed by atoms with Crippen molar-refractivity contribution in [3.63, 3.8) is 0 Å². The van der Waals surface area contributed by atoms with Gasteiger partial charge in [-0.2, -0.15) is 0 Å². The second kappa shape index (κ2) is 11.9. The summed E-state index contributed by atoms with van der Waals surface area (Å²) in [6, 6.07) is 11.1. The molecule has 11 nitrogen and oxygen atoms in total. The predicted molar refractivity (Wildman–Crippen MR) is 160 cm³/mol. The van der Waals surface area contributed by atoms with E-state index < -0.39 is 18.3 Å². The fourth-order valence-electron chi connectivity index (χ4n) is 6.27. The maximum absolute atomic E-state index is 14.2. The number of aromatic hydroxyl groups is 1. The molecule has 0 bridgehead atoms. The summed E-state index contributed by atoms with van der Waals surface area (Å²) < 4.78 is 1.90. The zero-order chi connectivity index (χ0) is 31.0. The lowest BCUT2D eigenvalue weighted by molar-refractivity contribution is -0.192. The topological polar surface area (TPSA) is 127 Å². The highest BCUT2D eigenvalue weighted by Crippen LogP contribution is 2.32. The molecular formula is C32H37N5O6.